The van der Waals surface area contributed by atoms with Crippen LogP contribution < -0.4 is 4.72 Å². The first-order valence-corrected chi connectivity index (χ1v) is 10.2. The van der Waals surface area contributed by atoms with Crippen molar-refractivity contribution >= 4 is 37.1 Å². The quantitative estimate of drug-likeness (QED) is 0.777. The summed E-state index contributed by atoms with van der Waals surface area (Å²) in [7, 11) is -1.55. The first kappa shape index (κ1) is 15.6. The second-order valence-electron chi connectivity index (χ2n) is 6.13. The predicted octanol–water partition coefficient (Wildman–Crippen LogP) is 3.69. The summed E-state index contributed by atoms with van der Waals surface area (Å²) in [5.74, 6) is 0. The highest BCUT2D eigenvalue weighted by molar-refractivity contribution is 7.93. The van der Waals surface area contributed by atoms with Gasteiger partial charge in [0.05, 0.1) is 5.69 Å². The van der Waals surface area contributed by atoms with E-state index in [1.54, 1.807) is 5.38 Å². The van der Waals surface area contributed by atoms with Gasteiger partial charge in [-0.15, -0.1) is 11.3 Å². The molecule has 0 saturated heterocycles. The van der Waals surface area contributed by atoms with Gasteiger partial charge in [-0.1, -0.05) is 30.3 Å². The lowest BCUT2D eigenvalue weighted by molar-refractivity contribution is 0.313. The average Bonchev–Trinajstić information content (AvgIpc) is 3.00. The lowest BCUT2D eigenvalue weighted by Gasteiger charge is -2.27. The molecule has 4 rings (SSSR count). The number of benzene rings is 2. The van der Waals surface area contributed by atoms with E-state index in [9.17, 15) is 8.42 Å². The van der Waals surface area contributed by atoms with Gasteiger partial charge in [-0.05, 0) is 36.7 Å². The third-order valence-corrected chi connectivity index (χ3v) is 6.96. The Hall–Kier alpha value is -1.89. The molecule has 0 bridgehead atoms. The number of nitrogens with zero attached hydrogens (tertiary/aromatic N) is 1. The molecule has 124 valence electrons. The number of rotatable bonds is 3. The van der Waals surface area contributed by atoms with E-state index < -0.39 is 10.0 Å². The molecule has 1 aromatic heterocycles. The van der Waals surface area contributed by atoms with Crippen molar-refractivity contribution in [1.82, 2.24) is 4.90 Å². The van der Waals surface area contributed by atoms with Crippen LogP contribution in [0.15, 0.2) is 52.7 Å². The van der Waals surface area contributed by atoms with Crippen LogP contribution >= 0.6 is 11.3 Å². The van der Waals surface area contributed by atoms with Gasteiger partial charge in [-0.3, -0.25) is 4.72 Å². The van der Waals surface area contributed by atoms with Gasteiger partial charge in [0.25, 0.3) is 10.0 Å². The van der Waals surface area contributed by atoms with Gasteiger partial charge in [0, 0.05) is 28.6 Å². The molecule has 4 nitrogen and oxygen atoms in total. The molecule has 1 aliphatic heterocycles. The van der Waals surface area contributed by atoms with Crippen LogP contribution in [-0.2, 0) is 23.0 Å². The van der Waals surface area contributed by atoms with E-state index in [1.165, 1.54) is 16.9 Å². The van der Waals surface area contributed by atoms with Crippen molar-refractivity contribution < 1.29 is 8.42 Å². The third kappa shape index (κ3) is 2.70. The van der Waals surface area contributed by atoms with Gasteiger partial charge in [0.2, 0.25) is 0 Å². The van der Waals surface area contributed by atoms with Crippen LogP contribution in [0.2, 0.25) is 0 Å². The average molecular weight is 358 g/mol. The third-order valence-electron chi connectivity index (χ3n) is 4.44. The van der Waals surface area contributed by atoms with Crippen molar-refractivity contribution in [2.24, 2.45) is 0 Å². The molecule has 0 aliphatic carbocycles. The van der Waals surface area contributed by atoms with Gasteiger partial charge in [0.1, 0.15) is 4.90 Å². The summed E-state index contributed by atoms with van der Waals surface area (Å²) in [6, 6.07) is 13.4. The zero-order valence-corrected chi connectivity index (χ0v) is 15.0. The van der Waals surface area contributed by atoms with Gasteiger partial charge >= 0.3 is 0 Å². The van der Waals surface area contributed by atoms with Gasteiger partial charge in [-0.2, -0.15) is 0 Å². The number of thiophene rings is 1. The molecule has 0 radical (unpaired) electrons. The Balaban J connectivity index is 1.75. The Morgan fingerprint density at radius 3 is 2.83 bits per heavy atom. The standard InChI is InChI=1S/C18H18N2O2S2/c1-20-10-9-13-5-4-7-16(15(13)11-20)19-24(21,22)18-12-23-17-8-3-2-6-14(17)18/h2-8,12,19H,9-11H2,1H3. The fraction of sp³-hybridized carbons (Fsp3) is 0.222. The van der Waals surface area contributed by atoms with Crippen LogP contribution in [0.3, 0.4) is 0 Å². The minimum absolute atomic E-state index is 0.352. The molecule has 2 heterocycles. The largest absolute Gasteiger partial charge is 0.302 e. The smallest absolute Gasteiger partial charge is 0.263 e. The van der Waals surface area contributed by atoms with E-state index in [2.05, 4.69) is 22.7 Å². The van der Waals surface area contributed by atoms with E-state index in [0.717, 1.165) is 35.2 Å². The van der Waals surface area contributed by atoms with Crippen LogP contribution in [-0.4, -0.2) is 26.9 Å². The van der Waals surface area contributed by atoms with Crippen LogP contribution in [0.5, 0.6) is 0 Å². The Morgan fingerprint density at radius 2 is 1.96 bits per heavy atom. The van der Waals surface area contributed by atoms with Crippen molar-refractivity contribution in [2.45, 2.75) is 17.9 Å². The predicted molar refractivity (Wildman–Crippen MR) is 99.1 cm³/mol. The minimum Gasteiger partial charge on any atom is -0.302 e. The second kappa shape index (κ2) is 5.88. The van der Waals surface area contributed by atoms with Crippen molar-refractivity contribution in [3.8, 4) is 0 Å². The summed E-state index contributed by atoms with van der Waals surface area (Å²) in [5, 5.41) is 2.49. The molecule has 1 aliphatic rings. The zero-order valence-electron chi connectivity index (χ0n) is 13.3. The SMILES string of the molecule is CN1CCc2cccc(NS(=O)(=O)c3csc4ccccc34)c2C1. The molecule has 3 aromatic rings. The van der Waals surface area contributed by atoms with Crippen LogP contribution in [0.25, 0.3) is 10.1 Å². The summed E-state index contributed by atoms with van der Waals surface area (Å²) in [5.41, 5.74) is 2.99. The first-order chi connectivity index (χ1) is 11.5. The molecule has 0 atom stereocenters. The molecule has 6 heteroatoms. The Labute approximate surface area is 145 Å². The molecule has 0 unspecified atom stereocenters. The molecular weight excluding hydrogens is 340 g/mol. The molecule has 24 heavy (non-hydrogen) atoms. The highest BCUT2D eigenvalue weighted by Crippen LogP contribution is 2.32. The number of hydrogen-bond donors (Lipinski definition) is 1. The number of hydrogen-bond acceptors (Lipinski definition) is 4. The number of fused-ring (bicyclic) bond motifs is 2. The molecule has 0 saturated carbocycles. The van der Waals surface area contributed by atoms with Crippen molar-refractivity contribution in [1.29, 1.82) is 0 Å². The topological polar surface area (TPSA) is 49.4 Å². The zero-order chi connectivity index (χ0) is 16.7. The van der Waals surface area contributed by atoms with E-state index in [1.807, 2.05) is 36.4 Å². The summed E-state index contributed by atoms with van der Waals surface area (Å²) in [4.78, 5) is 2.56. The summed E-state index contributed by atoms with van der Waals surface area (Å²) < 4.78 is 29.6. The number of sulfonamides is 1. The van der Waals surface area contributed by atoms with E-state index in [-0.39, 0.29) is 0 Å². The van der Waals surface area contributed by atoms with Crippen LogP contribution in [0.1, 0.15) is 11.1 Å². The fourth-order valence-corrected chi connectivity index (χ4v) is 5.77. The highest BCUT2D eigenvalue weighted by Gasteiger charge is 2.22. The number of likely N-dealkylation sites (N-methyl/N-ethyl adjacent to an activating group) is 1. The van der Waals surface area contributed by atoms with Crippen molar-refractivity contribution in [3.05, 3.63) is 59.0 Å². The van der Waals surface area contributed by atoms with E-state index >= 15 is 0 Å². The summed E-state index contributed by atoms with van der Waals surface area (Å²) in [6.45, 7) is 1.76. The van der Waals surface area contributed by atoms with E-state index in [4.69, 9.17) is 0 Å². The lowest BCUT2D eigenvalue weighted by Crippen LogP contribution is -2.28. The van der Waals surface area contributed by atoms with E-state index in [0.29, 0.717) is 10.6 Å². The maximum absolute atomic E-state index is 12.9. The minimum atomic E-state index is -3.61. The monoisotopic (exact) mass is 358 g/mol. The first-order valence-electron chi connectivity index (χ1n) is 7.83. The maximum atomic E-state index is 12.9. The normalized spacial score (nSPS) is 15.4. The van der Waals surface area contributed by atoms with Gasteiger partial charge in [-0.25, -0.2) is 8.42 Å². The Bertz CT molecular complexity index is 1010. The maximum Gasteiger partial charge on any atom is 0.263 e. The molecule has 2 aromatic carbocycles. The Kier molecular flexibility index (Phi) is 3.83. The lowest BCUT2D eigenvalue weighted by atomic mass is 9.99. The summed E-state index contributed by atoms with van der Waals surface area (Å²) in [6.07, 6.45) is 0.947. The number of nitrogens with one attached hydrogen (secondary N) is 1. The number of anilines is 1. The molecule has 0 amide bonds. The van der Waals surface area contributed by atoms with Crippen LogP contribution in [0.4, 0.5) is 5.69 Å². The van der Waals surface area contributed by atoms with Gasteiger partial charge < -0.3 is 4.90 Å². The molecular formula is C18H18N2O2S2. The molecule has 0 fully saturated rings. The second-order valence-corrected chi connectivity index (χ2v) is 8.69. The highest BCUT2D eigenvalue weighted by atomic mass is 32.2. The fourth-order valence-electron chi connectivity index (χ4n) is 3.17. The molecule has 0 spiro atoms. The van der Waals surface area contributed by atoms with Crippen molar-refractivity contribution in [3.63, 3.8) is 0 Å². The summed E-state index contributed by atoms with van der Waals surface area (Å²) >= 11 is 1.45. The van der Waals surface area contributed by atoms with Crippen molar-refractivity contribution in [2.75, 3.05) is 18.3 Å². The van der Waals surface area contributed by atoms with Crippen LogP contribution in [0, 0.1) is 0 Å². The Morgan fingerprint density at radius 1 is 1.12 bits per heavy atom. The van der Waals surface area contributed by atoms with Gasteiger partial charge in [0.15, 0.2) is 0 Å². The molecule has 1 N–H and O–H groups in total.